The molecule has 2 heterocycles. The molecule has 4 rings (SSSR count). The van der Waals surface area contributed by atoms with Gasteiger partial charge in [0.25, 0.3) is 5.91 Å². The molecule has 4 N–H and O–H groups in total. The average molecular weight is 371 g/mol. The summed E-state index contributed by atoms with van der Waals surface area (Å²) in [6, 6.07) is 6.50. The van der Waals surface area contributed by atoms with Crippen LogP contribution in [0.3, 0.4) is 0 Å². The van der Waals surface area contributed by atoms with Crippen molar-refractivity contribution in [3.05, 3.63) is 46.8 Å². The molecule has 2 aromatic rings. The molecule has 1 aliphatic carbocycles. The molecule has 1 aromatic carbocycles. The first-order valence-corrected chi connectivity index (χ1v) is 10.1. The predicted molar refractivity (Wildman–Crippen MR) is 101 cm³/mol. The zero-order chi connectivity index (χ0) is 18.7. The number of fused-ring (bicyclic) bond motifs is 2. The van der Waals surface area contributed by atoms with Crippen LogP contribution < -0.4 is 10.5 Å². The van der Waals surface area contributed by atoms with Crippen LogP contribution in [0.5, 0.6) is 0 Å². The second kappa shape index (κ2) is 5.56. The number of aromatic amines is 1. The van der Waals surface area contributed by atoms with Crippen LogP contribution in [0.25, 0.3) is 11.6 Å². The molecule has 0 unspecified atom stereocenters. The number of sulfonamides is 1. The molecule has 1 aliphatic heterocycles. The Morgan fingerprint density at radius 1 is 1.23 bits per heavy atom. The topological polar surface area (TPSA) is 105 Å². The Morgan fingerprint density at radius 2 is 2.00 bits per heavy atom. The first-order valence-electron chi connectivity index (χ1n) is 8.58. The van der Waals surface area contributed by atoms with Crippen LogP contribution in [0, 0.1) is 0 Å². The van der Waals surface area contributed by atoms with Gasteiger partial charge in [-0.3, -0.25) is 4.79 Å². The number of amides is 1. The minimum atomic E-state index is -3.83. The van der Waals surface area contributed by atoms with Crippen LogP contribution in [0.4, 0.5) is 5.69 Å². The molecule has 7 heteroatoms. The van der Waals surface area contributed by atoms with Gasteiger partial charge < -0.3 is 10.3 Å². The van der Waals surface area contributed by atoms with Crippen molar-refractivity contribution in [3.8, 4) is 0 Å². The number of aromatic nitrogens is 1. The number of nitrogens with two attached hydrogens (primary N) is 1. The molecule has 0 radical (unpaired) electrons. The van der Waals surface area contributed by atoms with Crippen LogP contribution >= 0.6 is 0 Å². The van der Waals surface area contributed by atoms with E-state index in [0.29, 0.717) is 16.8 Å². The van der Waals surface area contributed by atoms with Gasteiger partial charge in [-0.25, -0.2) is 13.6 Å². The van der Waals surface area contributed by atoms with E-state index in [1.54, 1.807) is 12.1 Å². The first kappa shape index (κ1) is 17.1. The van der Waals surface area contributed by atoms with Crippen molar-refractivity contribution in [1.29, 1.82) is 0 Å². The maximum absolute atomic E-state index is 12.4. The van der Waals surface area contributed by atoms with Crippen molar-refractivity contribution in [3.63, 3.8) is 0 Å². The van der Waals surface area contributed by atoms with E-state index >= 15 is 0 Å². The highest BCUT2D eigenvalue weighted by Crippen LogP contribution is 2.39. The van der Waals surface area contributed by atoms with Gasteiger partial charge in [0, 0.05) is 22.6 Å². The number of benzene rings is 1. The molecule has 0 saturated carbocycles. The van der Waals surface area contributed by atoms with Gasteiger partial charge in [0.05, 0.1) is 10.5 Å². The SMILES string of the molecule is CC1(C)CCCc2[nH]c(C=C3C(=O)Nc4ccc(S(N)(=O)=O)cc43)cc21. The first-order chi connectivity index (χ1) is 12.1. The summed E-state index contributed by atoms with van der Waals surface area (Å²) in [7, 11) is -3.83. The Morgan fingerprint density at radius 3 is 2.69 bits per heavy atom. The van der Waals surface area contributed by atoms with E-state index in [4.69, 9.17) is 5.14 Å². The van der Waals surface area contributed by atoms with Gasteiger partial charge in [0.2, 0.25) is 10.0 Å². The number of rotatable bonds is 2. The Bertz CT molecular complexity index is 1060. The van der Waals surface area contributed by atoms with E-state index < -0.39 is 10.0 Å². The summed E-state index contributed by atoms with van der Waals surface area (Å²) in [5, 5.41) is 7.99. The smallest absolute Gasteiger partial charge is 0.256 e. The normalized spacial score (nSPS) is 20.0. The predicted octanol–water partition coefficient (Wildman–Crippen LogP) is 2.77. The molecule has 1 aromatic heterocycles. The molecular weight excluding hydrogens is 350 g/mol. The second-order valence-corrected chi connectivity index (χ2v) is 9.18. The largest absolute Gasteiger partial charge is 0.359 e. The van der Waals surface area contributed by atoms with Gasteiger partial charge in [0.1, 0.15) is 0 Å². The molecular formula is C19H21N3O3S. The summed E-state index contributed by atoms with van der Waals surface area (Å²) < 4.78 is 23.3. The zero-order valence-electron chi connectivity index (χ0n) is 14.7. The average Bonchev–Trinajstić information content (AvgIpc) is 3.08. The monoisotopic (exact) mass is 371 g/mol. The molecule has 0 saturated heterocycles. The molecule has 26 heavy (non-hydrogen) atoms. The van der Waals surface area contributed by atoms with Gasteiger partial charge in [-0.15, -0.1) is 0 Å². The van der Waals surface area contributed by atoms with Gasteiger partial charge in [-0.1, -0.05) is 13.8 Å². The lowest BCUT2D eigenvalue weighted by Crippen LogP contribution is -2.22. The Hall–Kier alpha value is -2.38. The summed E-state index contributed by atoms with van der Waals surface area (Å²) >= 11 is 0. The molecule has 136 valence electrons. The van der Waals surface area contributed by atoms with Crippen molar-refractivity contribution in [2.24, 2.45) is 5.14 Å². The van der Waals surface area contributed by atoms with E-state index in [0.717, 1.165) is 25.0 Å². The quantitative estimate of drug-likeness (QED) is 0.707. The molecule has 0 bridgehead atoms. The molecule has 0 spiro atoms. The van der Waals surface area contributed by atoms with Crippen molar-refractivity contribution < 1.29 is 13.2 Å². The fourth-order valence-corrected chi connectivity index (χ4v) is 4.42. The number of nitrogens with one attached hydrogen (secondary N) is 2. The lowest BCUT2D eigenvalue weighted by Gasteiger charge is -2.29. The maximum Gasteiger partial charge on any atom is 0.256 e. The second-order valence-electron chi connectivity index (χ2n) is 7.62. The third-order valence-electron chi connectivity index (χ3n) is 5.28. The number of carbonyl (C=O) groups excluding carboxylic acids is 1. The Balaban J connectivity index is 1.81. The number of hydrogen-bond donors (Lipinski definition) is 3. The third kappa shape index (κ3) is 2.77. The molecule has 6 nitrogen and oxygen atoms in total. The number of hydrogen-bond acceptors (Lipinski definition) is 3. The maximum atomic E-state index is 12.4. The van der Waals surface area contributed by atoms with Crippen LogP contribution in [-0.2, 0) is 26.7 Å². The summed E-state index contributed by atoms with van der Waals surface area (Å²) in [5.74, 6) is -0.251. The van der Waals surface area contributed by atoms with Crippen LogP contribution in [0.1, 0.15) is 49.2 Å². The Labute approximate surface area is 152 Å². The van der Waals surface area contributed by atoms with Crippen LogP contribution in [-0.4, -0.2) is 19.3 Å². The standard InChI is InChI=1S/C19H21N3O3S/c1-19(2)7-3-4-17-15(19)9-11(21-17)8-14-13-10-12(26(20,24)25)5-6-16(13)22-18(14)23/h5-6,8-10,21H,3-4,7H2,1-2H3,(H,22,23)(H2,20,24,25). The summed E-state index contributed by atoms with van der Waals surface area (Å²) in [5.41, 5.74) is 5.03. The highest BCUT2D eigenvalue weighted by Gasteiger charge is 2.30. The third-order valence-corrected chi connectivity index (χ3v) is 6.19. The summed E-state index contributed by atoms with van der Waals surface area (Å²) in [6.45, 7) is 4.46. The van der Waals surface area contributed by atoms with E-state index in [2.05, 4.69) is 30.2 Å². The van der Waals surface area contributed by atoms with Gasteiger partial charge in [-0.05, 0) is 60.6 Å². The lowest BCUT2D eigenvalue weighted by atomic mass is 9.75. The van der Waals surface area contributed by atoms with E-state index in [1.165, 1.54) is 23.4 Å². The van der Waals surface area contributed by atoms with Gasteiger partial charge >= 0.3 is 0 Å². The molecule has 2 aliphatic rings. The van der Waals surface area contributed by atoms with Crippen molar-refractivity contribution in [2.75, 3.05) is 5.32 Å². The number of primary sulfonamides is 1. The molecule has 1 amide bonds. The van der Waals surface area contributed by atoms with Crippen molar-refractivity contribution in [2.45, 2.75) is 43.4 Å². The van der Waals surface area contributed by atoms with Crippen LogP contribution in [0.2, 0.25) is 0 Å². The van der Waals surface area contributed by atoms with Crippen molar-refractivity contribution >= 4 is 33.3 Å². The summed E-state index contributed by atoms with van der Waals surface area (Å²) in [6.07, 6.45) is 5.05. The molecule has 0 fully saturated rings. The van der Waals surface area contributed by atoms with E-state index in [-0.39, 0.29) is 16.2 Å². The Kier molecular flexibility index (Phi) is 3.65. The van der Waals surface area contributed by atoms with Crippen molar-refractivity contribution in [1.82, 2.24) is 4.98 Å². The molecule has 0 atom stereocenters. The van der Waals surface area contributed by atoms with Gasteiger partial charge in [0.15, 0.2) is 0 Å². The highest BCUT2D eigenvalue weighted by molar-refractivity contribution is 7.89. The van der Waals surface area contributed by atoms with E-state index in [1.807, 2.05) is 0 Å². The minimum Gasteiger partial charge on any atom is -0.359 e. The van der Waals surface area contributed by atoms with Crippen LogP contribution in [0.15, 0.2) is 29.2 Å². The number of H-pyrrole nitrogens is 1. The van der Waals surface area contributed by atoms with E-state index in [9.17, 15) is 13.2 Å². The highest BCUT2D eigenvalue weighted by atomic mass is 32.2. The lowest BCUT2D eigenvalue weighted by molar-refractivity contribution is -0.110. The van der Waals surface area contributed by atoms with Gasteiger partial charge in [-0.2, -0.15) is 0 Å². The zero-order valence-corrected chi connectivity index (χ0v) is 15.5. The minimum absolute atomic E-state index is 0.00874. The number of carbonyl (C=O) groups is 1. The fraction of sp³-hybridized carbons (Fsp3) is 0.316. The fourth-order valence-electron chi connectivity index (χ4n) is 3.88. The number of aryl methyl sites for hydroxylation is 1. The number of anilines is 1. The summed E-state index contributed by atoms with van der Waals surface area (Å²) in [4.78, 5) is 15.8.